The van der Waals surface area contributed by atoms with Gasteiger partial charge in [-0.15, -0.1) is 0 Å². The number of carbonyl (C=O) groups is 1. The first kappa shape index (κ1) is 22.6. The number of hydrogen-bond acceptors (Lipinski definition) is 5. The van der Waals surface area contributed by atoms with Gasteiger partial charge in [0.15, 0.2) is 6.61 Å². The lowest BCUT2D eigenvalue weighted by atomic mass is 10.2. The maximum absolute atomic E-state index is 12.8. The third kappa shape index (κ3) is 5.72. The summed E-state index contributed by atoms with van der Waals surface area (Å²) in [5, 5.41) is 3.49. The predicted octanol–water partition coefficient (Wildman–Crippen LogP) is 2.50. The van der Waals surface area contributed by atoms with Crippen LogP contribution in [-0.2, 0) is 14.8 Å². The van der Waals surface area contributed by atoms with E-state index in [-0.39, 0.29) is 18.7 Å². The van der Waals surface area contributed by atoms with Crippen LogP contribution in [0.1, 0.15) is 12.5 Å². The third-order valence-electron chi connectivity index (χ3n) is 5.03. The summed E-state index contributed by atoms with van der Waals surface area (Å²) < 4.78 is 32.6. The van der Waals surface area contributed by atoms with E-state index in [0.717, 1.165) is 5.56 Å². The summed E-state index contributed by atoms with van der Waals surface area (Å²) in [6.45, 7) is 5.51. The smallest absolute Gasteiger partial charge is 0.259 e. The van der Waals surface area contributed by atoms with E-state index in [0.29, 0.717) is 41.8 Å². The Hall–Kier alpha value is -2.13. The van der Waals surface area contributed by atoms with E-state index in [1.54, 1.807) is 48.5 Å². The summed E-state index contributed by atoms with van der Waals surface area (Å²) in [6, 6.07) is 13.7. The summed E-state index contributed by atoms with van der Waals surface area (Å²) in [7, 11) is -3.50. The maximum atomic E-state index is 12.8. The van der Waals surface area contributed by atoms with Gasteiger partial charge in [-0.25, -0.2) is 8.42 Å². The molecule has 1 aliphatic rings. The van der Waals surface area contributed by atoms with Crippen molar-refractivity contribution in [1.82, 2.24) is 14.5 Å². The van der Waals surface area contributed by atoms with E-state index in [1.165, 1.54) is 4.31 Å². The summed E-state index contributed by atoms with van der Waals surface area (Å²) in [5.74, 6) is 0.323. The number of halogens is 1. The van der Waals surface area contributed by atoms with Crippen molar-refractivity contribution in [2.45, 2.75) is 24.9 Å². The first-order chi connectivity index (χ1) is 14.3. The van der Waals surface area contributed by atoms with Gasteiger partial charge >= 0.3 is 0 Å². The molecule has 0 aromatic heterocycles. The van der Waals surface area contributed by atoms with Crippen molar-refractivity contribution in [3.05, 3.63) is 59.1 Å². The van der Waals surface area contributed by atoms with Gasteiger partial charge in [-0.1, -0.05) is 29.3 Å². The van der Waals surface area contributed by atoms with Crippen LogP contribution in [0.5, 0.6) is 5.75 Å². The van der Waals surface area contributed by atoms with Gasteiger partial charge in [-0.3, -0.25) is 9.69 Å². The molecule has 0 bridgehead atoms. The van der Waals surface area contributed by atoms with Crippen molar-refractivity contribution >= 4 is 27.5 Å². The van der Waals surface area contributed by atoms with E-state index in [9.17, 15) is 13.2 Å². The van der Waals surface area contributed by atoms with Crippen LogP contribution in [0.4, 0.5) is 0 Å². The number of rotatable bonds is 7. The molecular formula is C21H26ClN3O4S. The molecule has 1 N–H and O–H groups in total. The van der Waals surface area contributed by atoms with Gasteiger partial charge in [-0.05, 0) is 50.2 Å². The monoisotopic (exact) mass is 451 g/mol. The SMILES string of the molecule is Cc1ccc(S(=O)(=O)N2CCN(C(C)NC(=O)COc3ccc(Cl)cc3)CC2)cc1. The first-order valence-corrected chi connectivity index (χ1v) is 11.6. The van der Waals surface area contributed by atoms with E-state index in [1.807, 2.05) is 18.7 Å². The summed E-state index contributed by atoms with van der Waals surface area (Å²) in [5.41, 5.74) is 1.02. The largest absolute Gasteiger partial charge is 0.484 e. The molecule has 1 amide bonds. The molecule has 162 valence electrons. The summed E-state index contributed by atoms with van der Waals surface area (Å²) in [4.78, 5) is 14.5. The molecule has 1 fully saturated rings. The summed E-state index contributed by atoms with van der Waals surface area (Å²) in [6.07, 6.45) is -0.226. The molecule has 1 saturated heterocycles. The quantitative estimate of drug-likeness (QED) is 0.699. The molecule has 2 aromatic carbocycles. The Balaban J connectivity index is 1.47. The molecule has 0 saturated carbocycles. The molecule has 0 aliphatic carbocycles. The molecule has 2 aromatic rings. The topological polar surface area (TPSA) is 79.0 Å². The zero-order chi connectivity index (χ0) is 21.7. The number of sulfonamides is 1. The highest BCUT2D eigenvalue weighted by atomic mass is 35.5. The number of nitrogens with one attached hydrogen (secondary N) is 1. The Morgan fingerprint density at radius 3 is 2.27 bits per heavy atom. The molecule has 0 spiro atoms. The van der Waals surface area contributed by atoms with Gasteiger partial charge in [0.2, 0.25) is 10.0 Å². The second kappa shape index (κ2) is 9.78. The average Bonchev–Trinajstić information content (AvgIpc) is 2.74. The van der Waals surface area contributed by atoms with Crippen LogP contribution in [0.2, 0.25) is 5.02 Å². The lowest BCUT2D eigenvalue weighted by molar-refractivity contribution is -0.125. The fraction of sp³-hybridized carbons (Fsp3) is 0.381. The van der Waals surface area contributed by atoms with Crippen molar-refractivity contribution in [2.75, 3.05) is 32.8 Å². The van der Waals surface area contributed by atoms with E-state index >= 15 is 0 Å². The van der Waals surface area contributed by atoms with Crippen molar-refractivity contribution in [1.29, 1.82) is 0 Å². The Labute approximate surface area is 182 Å². The van der Waals surface area contributed by atoms with Crippen LogP contribution in [0.15, 0.2) is 53.4 Å². The normalized spacial score (nSPS) is 16.8. The molecule has 9 heteroatoms. The Kier molecular flexibility index (Phi) is 7.36. The number of aryl methyl sites for hydroxylation is 1. The Morgan fingerprint density at radius 1 is 1.07 bits per heavy atom. The lowest BCUT2D eigenvalue weighted by Crippen LogP contribution is -2.56. The van der Waals surface area contributed by atoms with Crippen LogP contribution < -0.4 is 10.1 Å². The Bertz CT molecular complexity index is 957. The van der Waals surface area contributed by atoms with Crippen molar-refractivity contribution in [3.63, 3.8) is 0 Å². The number of benzene rings is 2. The third-order valence-corrected chi connectivity index (χ3v) is 7.20. The highest BCUT2D eigenvalue weighted by Crippen LogP contribution is 2.19. The fourth-order valence-corrected chi connectivity index (χ4v) is 4.78. The zero-order valence-electron chi connectivity index (χ0n) is 17.0. The van der Waals surface area contributed by atoms with Gasteiger partial charge in [0, 0.05) is 31.2 Å². The van der Waals surface area contributed by atoms with Crippen LogP contribution >= 0.6 is 11.6 Å². The fourth-order valence-electron chi connectivity index (χ4n) is 3.24. The zero-order valence-corrected chi connectivity index (χ0v) is 18.6. The molecule has 1 heterocycles. The van der Waals surface area contributed by atoms with Crippen molar-refractivity contribution in [2.24, 2.45) is 0 Å². The maximum Gasteiger partial charge on any atom is 0.259 e. The molecular weight excluding hydrogens is 426 g/mol. The highest BCUT2D eigenvalue weighted by Gasteiger charge is 2.30. The lowest BCUT2D eigenvalue weighted by Gasteiger charge is -2.37. The predicted molar refractivity (Wildman–Crippen MR) is 116 cm³/mol. The molecule has 1 aliphatic heterocycles. The molecule has 1 atom stereocenters. The van der Waals surface area contributed by atoms with Crippen LogP contribution in [0.25, 0.3) is 0 Å². The minimum atomic E-state index is -3.50. The van der Waals surface area contributed by atoms with Crippen LogP contribution in [0, 0.1) is 6.92 Å². The number of amides is 1. The van der Waals surface area contributed by atoms with Gasteiger partial charge in [0.25, 0.3) is 5.91 Å². The van der Waals surface area contributed by atoms with Crippen LogP contribution in [0.3, 0.4) is 0 Å². The molecule has 1 unspecified atom stereocenters. The Morgan fingerprint density at radius 2 is 1.67 bits per heavy atom. The second-order valence-corrected chi connectivity index (χ2v) is 9.61. The van der Waals surface area contributed by atoms with E-state index < -0.39 is 10.0 Å². The van der Waals surface area contributed by atoms with E-state index in [2.05, 4.69) is 5.32 Å². The summed E-state index contributed by atoms with van der Waals surface area (Å²) >= 11 is 5.83. The number of nitrogens with zero attached hydrogens (tertiary/aromatic N) is 2. The van der Waals surface area contributed by atoms with Gasteiger partial charge < -0.3 is 10.1 Å². The number of piperazine rings is 1. The minimum Gasteiger partial charge on any atom is -0.484 e. The average molecular weight is 452 g/mol. The number of hydrogen-bond donors (Lipinski definition) is 1. The first-order valence-electron chi connectivity index (χ1n) is 9.74. The molecule has 30 heavy (non-hydrogen) atoms. The molecule has 0 radical (unpaired) electrons. The van der Waals surface area contributed by atoms with Crippen molar-refractivity contribution in [3.8, 4) is 5.75 Å². The number of ether oxygens (including phenoxy) is 1. The molecule has 3 rings (SSSR count). The second-order valence-electron chi connectivity index (χ2n) is 7.24. The van der Waals surface area contributed by atoms with Gasteiger partial charge in [0.1, 0.15) is 5.75 Å². The standard InChI is InChI=1S/C21H26ClN3O4S/c1-16-3-9-20(10-4-16)30(27,28)25-13-11-24(12-14-25)17(2)23-21(26)15-29-19-7-5-18(22)6-8-19/h3-10,17H,11-15H2,1-2H3,(H,23,26). The molecule has 7 nitrogen and oxygen atoms in total. The van der Waals surface area contributed by atoms with Crippen LogP contribution in [-0.4, -0.2) is 62.5 Å². The van der Waals surface area contributed by atoms with Gasteiger partial charge in [0.05, 0.1) is 11.1 Å². The van der Waals surface area contributed by atoms with Gasteiger partial charge in [-0.2, -0.15) is 4.31 Å². The number of carbonyl (C=O) groups excluding carboxylic acids is 1. The minimum absolute atomic E-state index is 0.103. The highest BCUT2D eigenvalue weighted by molar-refractivity contribution is 7.89. The van der Waals surface area contributed by atoms with Crippen molar-refractivity contribution < 1.29 is 17.9 Å². The van der Waals surface area contributed by atoms with E-state index in [4.69, 9.17) is 16.3 Å².